The van der Waals surface area contributed by atoms with Crippen LogP contribution in [0.3, 0.4) is 0 Å². The number of amides is 2. The van der Waals surface area contributed by atoms with Crippen LogP contribution in [0.15, 0.2) is 107 Å². The van der Waals surface area contributed by atoms with E-state index in [-0.39, 0.29) is 21.3 Å². The zero-order valence-electron chi connectivity index (χ0n) is 21.1. The van der Waals surface area contributed by atoms with E-state index in [1.54, 1.807) is 24.3 Å². The fourth-order valence-corrected chi connectivity index (χ4v) is 5.29. The predicted octanol–water partition coefficient (Wildman–Crippen LogP) is 5.74. The maximum Gasteiger partial charge on any atom is 0.339 e. The van der Waals surface area contributed by atoms with Gasteiger partial charge in [-0.15, -0.1) is 0 Å². The van der Waals surface area contributed by atoms with Crippen molar-refractivity contribution in [2.24, 2.45) is 0 Å². The summed E-state index contributed by atoms with van der Waals surface area (Å²) in [5.74, 6) is 0.185. The van der Waals surface area contributed by atoms with Crippen LogP contribution in [-0.2, 0) is 26.7 Å². The maximum absolute atomic E-state index is 12.5. The standard InChI is InChI=1S/C28H26N2O7S2/c1-3-21-6-18-27(19-7-21)39(34,35)37-25-14-10-23(11-15-25)30-28(31)29-22-8-12-24(13-9-22)36-38(32,33)26-16-4-20(2)5-17-26/h4-19H,3H2,1-2H3,(H2,29,30,31). The minimum atomic E-state index is -4.00. The lowest BCUT2D eigenvalue weighted by Gasteiger charge is -2.11. The number of nitrogens with one attached hydrogen (secondary N) is 2. The minimum Gasteiger partial charge on any atom is -0.379 e. The van der Waals surface area contributed by atoms with Crippen molar-refractivity contribution in [3.63, 3.8) is 0 Å². The Morgan fingerprint density at radius 1 is 0.615 bits per heavy atom. The van der Waals surface area contributed by atoms with Gasteiger partial charge in [-0.2, -0.15) is 16.8 Å². The van der Waals surface area contributed by atoms with Crippen molar-refractivity contribution in [3.05, 3.63) is 108 Å². The molecule has 0 aliphatic rings. The lowest BCUT2D eigenvalue weighted by Crippen LogP contribution is -2.19. The SMILES string of the molecule is CCc1ccc(S(=O)(=O)Oc2ccc(NC(=O)Nc3ccc(OS(=O)(=O)c4ccc(C)cc4)cc3)cc2)cc1. The van der Waals surface area contributed by atoms with Crippen molar-refractivity contribution >= 4 is 37.6 Å². The second-order valence-corrected chi connectivity index (χ2v) is 11.6. The number of aryl methyl sites for hydroxylation is 2. The molecule has 0 fully saturated rings. The topological polar surface area (TPSA) is 128 Å². The molecule has 39 heavy (non-hydrogen) atoms. The summed E-state index contributed by atoms with van der Waals surface area (Å²) in [6, 6.07) is 23.9. The van der Waals surface area contributed by atoms with Gasteiger partial charge >= 0.3 is 26.3 Å². The highest BCUT2D eigenvalue weighted by molar-refractivity contribution is 7.87. The summed E-state index contributed by atoms with van der Waals surface area (Å²) in [6.07, 6.45) is 0.793. The molecule has 0 heterocycles. The minimum absolute atomic E-state index is 0.0364. The highest BCUT2D eigenvalue weighted by Gasteiger charge is 2.18. The number of hydrogen-bond acceptors (Lipinski definition) is 7. The van der Waals surface area contributed by atoms with Crippen molar-refractivity contribution in [1.82, 2.24) is 0 Å². The second kappa shape index (κ2) is 11.6. The molecule has 2 amide bonds. The van der Waals surface area contributed by atoms with Gasteiger partial charge in [-0.05, 0) is 91.7 Å². The normalized spacial score (nSPS) is 11.4. The number of rotatable bonds is 9. The van der Waals surface area contributed by atoms with Crippen LogP contribution in [0.4, 0.5) is 16.2 Å². The smallest absolute Gasteiger partial charge is 0.339 e. The summed E-state index contributed by atoms with van der Waals surface area (Å²) in [7, 11) is -7.98. The molecule has 11 heteroatoms. The van der Waals surface area contributed by atoms with Gasteiger partial charge in [0.2, 0.25) is 0 Å². The zero-order valence-corrected chi connectivity index (χ0v) is 22.8. The van der Waals surface area contributed by atoms with Crippen LogP contribution >= 0.6 is 0 Å². The summed E-state index contributed by atoms with van der Waals surface area (Å²) in [6.45, 7) is 3.83. The summed E-state index contributed by atoms with van der Waals surface area (Å²) in [5, 5.41) is 5.24. The van der Waals surface area contributed by atoms with Gasteiger partial charge in [0.25, 0.3) is 0 Å². The van der Waals surface area contributed by atoms with Crippen LogP contribution in [0.25, 0.3) is 0 Å². The monoisotopic (exact) mass is 566 g/mol. The quantitative estimate of drug-likeness (QED) is 0.247. The van der Waals surface area contributed by atoms with E-state index in [9.17, 15) is 21.6 Å². The van der Waals surface area contributed by atoms with Crippen LogP contribution < -0.4 is 19.0 Å². The summed E-state index contributed by atoms with van der Waals surface area (Å²) in [5.41, 5.74) is 2.73. The van der Waals surface area contributed by atoms with Gasteiger partial charge in [0.1, 0.15) is 21.3 Å². The molecule has 0 aliphatic carbocycles. The predicted molar refractivity (Wildman–Crippen MR) is 148 cm³/mol. The zero-order chi connectivity index (χ0) is 28.0. The van der Waals surface area contributed by atoms with Gasteiger partial charge < -0.3 is 19.0 Å². The van der Waals surface area contributed by atoms with Gasteiger partial charge in [0.05, 0.1) is 0 Å². The summed E-state index contributed by atoms with van der Waals surface area (Å²) in [4.78, 5) is 12.5. The van der Waals surface area contributed by atoms with Crippen LogP contribution in [-0.4, -0.2) is 22.9 Å². The molecule has 4 aromatic rings. The number of anilines is 2. The summed E-state index contributed by atoms with van der Waals surface area (Å²) < 4.78 is 60.2. The molecule has 4 rings (SSSR count). The van der Waals surface area contributed by atoms with E-state index in [1.165, 1.54) is 72.8 Å². The van der Waals surface area contributed by atoms with Crippen molar-refractivity contribution < 1.29 is 30.0 Å². The molecular formula is C28H26N2O7S2. The van der Waals surface area contributed by atoms with Crippen molar-refractivity contribution in [1.29, 1.82) is 0 Å². The number of carbonyl (C=O) groups excluding carboxylic acids is 1. The maximum atomic E-state index is 12.5. The van der Waals surface area contributed by atoms with Crippen LogP contribution in [0.1, 0.15) is 18.1 Å². The molecule has 0 saturated carbocycles. The number of hydrogen-bond donors (Lipinski definition) is 2. The Kier molecular flexibility index (Phi) is 8.22. The van der Waals surface area contributed by atoms with E-state index in [2.05, 4.69) is 10.6 Å². The number of benzene rings is 4. The van der Waals surface area contributed by atoms with Crippen LogP contribution in [0.2, 0.25) is 0 Å². The first-order valence-electron chi connectivity index (χ1n) is 11.9. The molecule has 9 nitrogen and oxygen atoms in total. The van der Waals surface area contributed by atoms with Crippen molar-refractivity contribution in [2.75, 3.05) is 10.6 Å². The van der Waals surface area contributed by atoms with E-state index in [4.69, 9.17) is 8.37 Å². The lowest BCUT2D eigenvalue weighted by molar-refractivity contribution is 0.262. The highest BCUT2D eigenvalue weighted by atomic mass is 32.2. The fraction of sp³-hybridized carbons (Fsp3) is 0.107. The average Bonchev–Trinajstić information content (AvgIpc) is 2.91. The highest BCUT2D eigenvalue weighted by Crippen LogP contribution is 2.23. The molecule has 0 bridgehead atoms. The van der Waals surface area contributed by atoms with E-state index in [1.807, 2.05) is 13.8 Å². The average molecular weight is 567 g/mol. The van der Waals surface area contributed by atoms with Crippen molar-refractivity contribution in [3.8, 4) is 11.5 Å². The second-order valence-electron chi connectivity index (χ2n) is 8.51. The molecule has 202 valence electrons. The first-order chi connectivity index (χ1) is 18.5. The van der Waals surface area contributed by atoms with Gasteiger partial charge in [-0.1, -0.05) is 36.8 Å². The van der Waals surface area contributed by atoms with Crippen LogP contribution in [0, 0.1) is 6.92 Å². The van der Waals surface area contributed by atoms with Gasteiger partial charge in [0, 0.05) is 11.4 Å². The Labute approximate surface area is 227 Å². The third-order valence-electron chi connectivity index (χ3n) is 5.57. The lowest BCUT2D eigenvalue weighted by atomic mass is 10.2. The Bertz CT molecular complexity index is 1650. The Balaban J connectivity index is 1.32. The molecule has 0 aliphatic heterocycles. The Hall–Kier alpha value is -4.35. The van der Waals surface area contributed by atoms with E-state index in [0.29, 0.717) is 11.4 Å². The van der Waals surface area contributed by atoms with E-state index in [0.717, 1.165) is 17.5 Å². The number of urea groups is 1. The van der Waals surface area contributed by atoms with Gasteiger partial charge in [-0.25, -0.2) is 4.79 Å². The first-order valence-corrected chi connectivity index (χ1v) is 14.7. The third-order valence-corrected chi connectivity index (χ3v) is 8.09. The Morgan fingerprint density at radius 3 is 1.38 bits per heavy atom. The first kappa shape index (κ1) is 27.7. The van der Waals surface area contributed by atoms with Crippen LogP contribution in [0.5, 0.6) is 11.5 Å². The molecule has 0 aromatic heterocycles. The van der Waals surface area contributed by atoms with E-state index < -0.39 is 26.3 Å². The molecule has 0 radical (unpaired) electrons. The molecule has 2 N–H and O–H groups in total. The molecule has 0 unspecified atom stereocenters. The third kappa shape index (κ3) is 7.37. The largest absolute Gasteiger partial charge is 0.379 e. The van der Waals surface area contributed by atoms with E-state index >= 15 is 0 Å². The summed E-state index contributed by atoms with van der Waals surface area (Å²) >= 11 is 0. The molecule has 0 spiro atoms. The van der Waals surface area contributed by atoms with Gasteiger partial charge in [-0.3, -0.25) is 0 Å². The van der Waals surface area contributed by atoms with Crippen molar-refractivity contribution in [2.45, 2.75) is 30.1 Å². The molecule has 4 aromatic carbocycles. The molecular weight excluding hydrogens is 540 g/mol. The Morgan fingerprint density at radius 2 is 1.00 bits per heavy atom. The van der Waals surface area contributed by atoms with Gasteiger partial charge in [0.15, 0.2) is 0 Å². The molecule has 0 saturated heterocycles. The molecule has 0 atom stereocenters. The fourth-order valence-electron chi connectivity index (χ4n) is 3.43. The number of carbonyl (C=O) groups is 1.